The lowest BCUT2D eigenvalue weighted by molar-refractivity contribution is -0.328. The third kappa shape index (κ3) is 19.1. The molecule has 0 amide bonds. The fourth-order valence-electron chi connectivity index (χ4n) is 10.4. The van der Waals surface area contributed by atoms with Gasteiger partial charge in [-0.3, -0.25) is 18.2 Å². The molecule has 0 aliphatic carbocycles. The van der Waals surface area contributed by atoms with Crippen molar-refractivity contribution in [3.63, 3.8) is 0 Å². The first kappa shape index (κ1) is 73.2. The van der Waals surface area contributed by atoms with Crippen molar-refractivity contribution < 1.29 is 192 Å². The van der Waals surface area contributed by atoms with E-state index in [-0.39, 0.29) is 0 Å². The van der Waals surface area contributed by atoms with Crippen molar-refractivity contribution in [2.45, 2.75) is 162 Å². The lowest BCUT2D eigenvalue weighted by Gasteiger charge is -2.47. The zero-order chi connectivity index (χ0) is 65.2. The van der Waals surface area contributed by atoms with Gasteiger partial charge in [0.2, 0.25) is 12.0 Å². The van der Waals surface area contributed by atoms with Gasteiger partial charge in [0, 0.05) is 29.6 Å². The van der Waals surface area contributed by atoms with Gasteiger partial charge < -0.3 is 113 Å². The molecule has 5 fully saturated rings. The number of aliphatic hydroxyl groups excluding tert-OH is 10. The van der Waals surface area contributed by atoms with Crippen molar-refractivity contribution in [2.24, 2.45) is 29.6 Å². The first-order chi connectivity index (χ1) is 40.2. The van der Waals surface area contributed by atoms with Crippen molar-refractivity contribution in [2.75, 3.05) is 46.2 Å². The summed E-state index contributed by atoms with van der Waals surface area (Å²) in [5.41, 5.74) is 0. The lowest BCUT2D eigenvalue weighted by Crippen LogP contribution is -2.62. The van der Waals surface area contributed by atoms with Crippen molar-refractivity contribution in [1.82, 2.24) is 0 Å². The first-order valence-electron chi connectivity index (χ1n) is 25.7. The van der Waals surface area contributed by atoms with E-state index < -0.39 is 276 Å². The molecule has 0 spiro atoms. The van der Waals surface area contributed by atoms with Crippen LogP contribution >= 0.6 is 0 Å². The van der Waals surface area contributed by atoms with Crippen molar-refractivity contribution >= 4 is 53.5 Å². The lowest BCUT2D eigenvalue weighted by atomic mass is 9.80. The minimum absolute atomic E-state index is 0.608. The van der Waals surface area contributed by atoms with Gasteiger partial charge in [-0.05, 0) is 26.8 Å². The second kappa shape index (κ2) is 29.8. The second-order valence-corrected chi connectivity index (χ2v) is 24.9. The van der Waals surface area contributed by atoms with Crippen LogP contribution in [0, 0.1) is 29.6 Å². The third-order valence-electron chi connectivity index (χ3n) is 14.8. The van der Waals surface area contributed by atoms with E-state index in [1.54, 1.807) is 0 Å². The maximum absolute atomic E-state index is 12.6. The number of hydrogen-bond acceptors (Lipinski definition) is 35. The van der Waals surface area contributed by atoms with Gasteiger partial charge in [0.05, 0.1) is 82.9 Å². The third-order valence-corrected chi connectivity index (χ3v) is 16.7. The van der Waals surface area contributed by atoms with E-state index in [0.29, 0.717) is 6.08 Å². The Hall–Kier alpha value is -2.84. The van der Waals surface area contributed by atoms with E-state index in [2.05, 4.69) is 16.7 Å². The van der Waals surface area contributed by atoms with Gasteiger partial charge in [-0.1, -0.05) is 0 Å². The summed E-state index contributed by atoms with van der Waals surface area (Å²) in [6.45, 7) is -3.17. The van der Waals surface area contributed by atoms with Crippen LogP contribution in [0.4, 0.5) is 0 Å². The Kier molecular flexibility index (Phi) is 25.1. The normalized spacial score (nSPS) is 42.6. The van der Waals surface area contributed by atoms with Crippen LogP contribution in [0.3, 0.4) is 0 Å². The fraction of sp³-hybridized carbons (Fsp3) is 0.905. The average molecular weight is 1360 g/mol. The Bertz CT molecular complexity index is 2790. The predicted molar refractivity (Wildman–Crippen MR) is 264 cm³/mol. The molecular formula is C42H68O41S4. The minimum atomic E-state index is -5.60. The monoisotopic (exact) mass is 1360 g/mol. The van der Waals surface area contributed by atoms with Gasteiger partial charge in [-0.25, -0.2) is 26.3 Å². The molecule has 6 aliphatic heterocycles. The molecule has 28 atom stereocenters. The molecule has 45 heteroatoms. The number of ether oxygens (including phenoxy) is 11. The molecule has 0 radical (unpaired) electrons. The van der Waals surface area contributed by atoms with Crippen LogP contribution < -0.4 is 0 Å². The highest BCUT2D eigenvalue weighted by Crippen LogP contribution is 2.39. The predicted octanol–water partition coefficient (Wildman–Crippen LogP) is -9.09. The topological polar surface area (TPSA) is 633 Å². The Morgan fingerprint density at radius 2 is 0.920 bits per heavy atom. The quantitative estimate of drug-likeness (QED) is 0.0340. The maximum Gasteiger partial charge on any atom is 0.397 e. The van der Waals surface area contributed by atoms with E-state index >= 15 is 0 Å². The number of rotatable bonds is 27. The highest BCUT2D eigenvalue weighted by Gasteiger charge is 2.55. The van der Waals surface area contributed by atoms with E-state index in [0.717, 1.165) is 6.92 Å². The minimum Gasteiger partial charge on any atom is -0.479 e. The van der Waals surface area contributed by atoms with Crippen LogP contribution in [0.25, 0.3) is 0 Å². The Morgan fingerprint density at radius 1 is 0.437 bits per heavy atom. The molecule has 6 aliphatic rings. The van der Waals surface area contributed by atoms with E-state index in [1.807, 2.05) is 0 Å². The summed E-state index contributed by atoms with van der Waals surface area (Å²) >= 11 is 0. The van der Waals surface area contributed by atoms with Crippen LogP contribution in [0.2, 0.25) is 0 Å². The second-order valence-electron chi connectivity index (χ2n) is 20.7. The molecule has 0 saturated carbocycles. The van der Waals surface area contributed by atoms with Gasteiger partial charge in [0.15, 0.2) is 37.4 Å². The molecule has 41 nitrogen and oxygen atoms in total. The summed E-state index contributed by atoms with van der Waals surface area (Å²) in [5, 5.41) is 130. The number of carboxylic acids is 2. The van der Waals surface area contributed by atoms with Gasteiger partial charge >= 0.3 is 53.5 Å². The molecule has 5 saturated heterocycles. The number of aliphatic carboxylic acids is 2. The first-order valence-corrected chi connectivity index (χ1v) is 31.2. The van der Waals surface area contributed by atoms with E-state index in [4.69, 9.17) is 52.1 Å². The summed E-state index contributed by atoms with van der Waals surface area (Å²) in [4.78, 5) is 24.5. The molecule has 6 rings (SSSR count). The van der Waals surface area contributed by atoms with Crippen molar-refractivity contribution in [3.8, 4) is 0 Å². The van der Waals surface area contributed by atoms with Crippen molar-refractivity contribution in [1.29, 1.82) is 0 Å². The highest BCUT2D eigenvalue weighted by molar-refractivity contribution is 7.81. The molecule has 506 valence electrons. The fourth-order valence-corrected chi connectivity index (χ4v) is 12.2. The van der Waals surface area contributed by atoms with Crippen LogP contribution in [0.1, 0.15) is 20.8 Å². The summed E-state index contributed by atoms with van der Waals surface area (Å²) < 4.78 is 211. The number of aliphatic hydroxyl groups is 10. The van der Waals surface area contributed by atoms with E-state index in [9.17, 15) is 123 Å². The van der Waals surface area contributed by atoms with Gasteiger partial charge in [-0.2, -0.15) is 33.7 Å². The average Bonchev–Trinajstić information content (AvgIpc) is 1.10. The summed E-state index contributed by atoms with van der Waals surface area (Å²) in [7, 11) is -21.5. The van der Waals surface area contributed by atoms with Crippen LogP contribution in [-0.2, 0) is 120 Å². The smallest absolute Gasteiger partial charge is 0.397 e. The molecule has 0 aromatic heterocycles. The molecule has 87 heavy (non-hydrogen) atoms. The molecule has 18 unspecified atom stereocenters. The molecule has 0 aromatic rings. The van der Waals surface area contributed by atoms with Crippen LogP contribution in [0.15, 0.2) is 11.8 Å². The molecule has 0 bridgehead atoms. The van der Waals surface area contributed by atoms with E-state index in [1.165, 1.54) is 13.8 Å². The highest BCUT2D eigenvalue weighted by atomic mass is 32.3. The standard InChI is InChI=1S/C42H68O41S4/c1-12-15(16(26(47)23(75-12)11-74-84(57,58)59)7-71-41-31(52)33(82-86(63,64)65)24(45)13(2)76-41)6-70-39-28(49)19(27(48)34(80-39)37(55)56)10-69-38-18(9-72-40-29(50)20(44)4-21(78-40)36(53)54)17(25(46)22(5-43)79-38)8-73-42-35(83-87(66,67)68)30(51)32(14(3)77-42)81-85(60,61)62/h4,12-20,22-35,38-52H,5-11H2,1-3H3,(H,53,54)(H,55,56)(H,57,58,59)(H,60,61,62)(H,63,64,65)(H,66,67,68)/t12?,13?,14?,15?,16?,17?,18?,19?,20?,22?,23?,24-,25+,26+,27+,28?,29?,30?,31?,32-,33?,34?,35?,38+,39+,40+,41+,42+/m0/s1. The zero-order valence-corrected chi connectivity index (χ0v) is 48.5. The molecule has 16 N–H and O–H groups in total. The summed E-state index contributed by atoms with van der Waals surface area (Å²) in [6.07, 6.45) is -45.2. The maximum atomic E-state index is 12.6. The summed E-state index contributed by atoms with van der Waals surface area (Å²) in [5.74, 6) is -12.4. The zero-order valence-electron chi connectivity index (χ0n) is 45.2. The van der Waals surface area contributed by atoms with Crippen molar-refractivity contribution in [3.05, 3.63) is 11.8 Å². The Balaban J connectivity index is 1.27. The van der Waals surface area contributed by atoms with Gasteiger partial charge in [0.25, 0.3) is 0 Å². The molecular weight excluding hydrogens is 1290 g/mol. The number of carboxylic acid groups (broad SMARTS) is 2. The number of hydrogen-bond donors (Lipinski definition) is 16. The largest absolute Gasteiger partial charge is 0.479 e. The SMILES string of the molecule is CC1OC(COS(=O)(=O)O)[C@H](O)C(CO[C@@H]2OC(C)[C@H](O)C(OS(=O)(=O)O)C2O)C1CO[C@@H]1OC(C(=O)O)[C@H](O)C(CO[C@@H]2OC(CO)[C@H](O)C(CO[C@@H]3OC(C)[C@H](OS(=O)(=O)O)C(O)C3OS(=O)(=O)O)C2CO[C@@H]2OC(C(=O)O)=CC(O)C2O)C1O. The number of carbonyl (C=O) groups is 2. The summed E-state index contributed by atoms with van der Waals surface area (Å²) in [6, 6.07) is 0. The Labute approximate surface area is 493 Å². The van der Waals surface area contributed by atoms with Crippen LogP contribution in [0.5, 0.6) is 0 Å². The van der Waals surface area contributed by atoms with Gasteiger partial charge in [-0.15, -0.1) is 0 Å². The molecule has 0 aromatic carbocycles. The Morgan fingerprint density at radius 3 is 1.48 bits per heavy atom. The van der Waals surface area contributed by atoms with Gasteiger partial charge in [0.1, 0.15) is 61.0 Å². The van der Waals surface area contributed by atoms with Crippen LogP contribution in [-0.4, -0.2) is 313 Å². The molecule has 6 heterocycles.